The van der Waals surface area contributed by atoms with Gasteiger partial charge in [0.05, 0.1) is 0 Å². The van der Waals surface area contributed by atoms with E-state index in [0.717, 1.165) is 17.6 Å². The Labute approximate surface area is 102 Å². The van der Waals surface area contributed by atoms with Gasteiger partial charge in [0.2, 0.25) is 0 Å². The summed E-state index contributed by atoms with van der Waals surface area (Å²) in [6, 6.07) is 0. The van der Waals surface area contributed by atoms with Crippen LogP contribution in [0.4, 0.5) is 0 Å². The van der Waals surface area contributed by atoms with Gasteiger partial charge in [-0.05, 0) is 0 Å². The molecule has 0 saturated carbocycles. The molecule has 0 unspecified atom stereocenters. The summed E-state index contributed by atoms with van der Waals surface area (Å²) in [5.41, 5.74) is 4.68. The quantitative estimate of drug-likeness (QED) is 0.398. The van der Waals surface area contributed by atoms with Crippen LogP contribution in [0.1, 0.15) is 20.3 Å². The van der Waals surface area contributed by atoms with Gasteiger partial charge in [0.1, 0.15) is 0 Å². The molecular weight excluding hydrogens is 357 g/mol. The molecule has 0 radical (unpaired) electrons. The molecular formula is C13H13Hg. The first kappa shape index (κ1) is 11.5. The topological polar surface area (TPSA) is 0 Å². The van der Waals surface area contributed by atoms with E-state index in [9.17, 15) is 0 Å². The maximum atomic E-state index is 5.43. The number of rotatable bonds is 2. The van der Waals surface area contributed by atoms with Crippen molar-refractivity contribution in [2.45, 2.75) is 20.3 Å². The molecule has 0 aromatic carbocycles. The molecule has 14 heavy (non-hydrogen) atoms. The van der Waals surface area contributed by atoms with E-state index in [1.54, 1.807) is 3.08 Å². The molecule has 0 amide bonds. The zero-order valence-electron chi connectivity index (χ0n) is 8.85. The minimum atomic E-state index is 0.700. The van der Waals surface area contributed by atoms with E-state index in [1.807, 2.05) is 6.92 Å². The van der Waals surface area contributed by atoms with E-state index >= 15 is 0 Å². The predicted molar refractivity (Wildman–Crippen MR) is 57.1 cm³/mol. The van der Waals surface area contributed by atoms with Crippen LogP contribution in [0.25, 0.3) is 0 Å². The molecule has 0 spiro atoms. The Balaban J connectivity index is 3.03. The number of terminal acetylenes is 1. The Morgan fingerprint density at radius 3 is 2.71 bits per heavy atom. The van der Waals surface area contributed by atoms with Crippen molar-refractivity contribution in [1.29, 1.82) is 0 Å². The standard InChI is InChI=1S/C13H13.Hg/c1-5-13(10(2)3)9-12-7-6-11(4)8-12;/h1,8-9H,2,6H2,3-4H3;/b13-9+;. The van der Waals surface area contributed by atoms with Crippen LogP contribution in [0.15, 0.2) is 44.1 Å². The Kier molecular flexibility index (Phi) is 3.95. The van der Waals surface area contributed by atoms with E-state index in [4.69, 9.17) is 6.42 Å². The zero-order valence-corrected chi connectivity index (χ0v) is 14.4. The molecule has 1 aliphatic rings. The first-order valence-corrected chi connectivity index (χ1v) is 7.36. The van der Waals surface area contributed by atoms with E-state index < -0.39 is 0 Å². The van der Waals surface area contributed by atoms with Crippen LogP contribution in [0.2, 0.25) is 0 Å². The van der Waals surface area contributed by atoms with Gasteiger partial charge in [-0.25, -0.2) is 0 Å². The summed E-state index contributed by atoms with van der Waals surface area (Å²) < 4.78 is 1.58. The van der Waals surface area contributed by atoms with Gasteiger partial charge < -0.3 is 0 Å². The average molecular weight is 370 g/mol. The first-order valence-electron chi connectivity index (χ1n) is 4.61. The fourth-order valence-electron chi connectivity index (χ4n) is 1.44. The molecule has 0 bridgehead atoms. The molecule has 0 aromatic heterocycles. The van der Waals surface area contributed by atoms with E-state index in [2.05, 4.69) is 31.6 Å². The SMILES string of the molecule is C#C/C(=C\C1=[C]([Hg])CC(C)=C1)C(=C)C. The molecule has 0 saturated heterocycles. The normalized spacial score (nSPS) is 16.8. The second-order valence-corrected chi connectivity index (χ2v) is 7.03. The van der Waals surface area contributed by atoms with Crippen LogP contribution in [-0.2, 0) is 26.1 Å². The minimum absolute atomic E-state index is 0.700. The number of hydrogen-bond acceptors (Lipinski definition) is 0. The molecule has 0 heterocycles. The van der Waals surface area contributed by atoms with Crippen LogP contribution in [-0.4, -0.2) is 0 Å². The second kappa shape index (κ2) is 4.80. The van der Waals surface area contributed by atoms with Crippen LogP contribution < -0.4 is 0 Å². The Hall–Kier alpha value is -0.545. The monoisotopic (exact) mass is 371 g/mol. The summed E-state index contributed by atoms with van der Waals surface area (Å²) in [6.07, 6.45) is 10.9. The molecule has 0 aromatic rings. The van der Waals surface area contributed by atoms with E-state index in [1.165, 1.54) is 11.1 Å². The van der Waals surface area contributed by atoms with Crippen molar-refractivity contribution in [2.24, 2.45) is 0 Å². The molecule has 0 aliphatic heterocycles. The van der Waals surface area contributed by atoms with Gasteiger partial charge in [0.15, 0.2) is 0 Å². The third-order valence-corrected chi connectivity index (χ3v) is 4.78. The molecule has 0 N–H and O–H groups in total. The Bertz CT molecular complexity index is 397. The van der Waals surface area contributed by atoms with Gasteiger partial charge in [-0.2, -0.15) is 0 Å². The van der Waals surface area contributed by atoms with E-state index in [-0.39, 0.29) is 0 Å². The van der Waals surface area contributed by atoms with Gasteiger partial charge in [0, 0.05) is 0 Å². The van der Waals surface area contributed by atoms with Gasteiger partial charge in [0.25, 0.3) is 0 Å². The van der Waals surface area contributed by atoms with Crippen LogP contribution in [0, 0.1) is 12.3 Å². The first-order chi connectivity index (χ1) is 6.54. The van der Waals surface area contributed by atoms with Crippen molar-refractivity contribution in [3.8, 4) is 12.3 Å². The second-order valence-electron chi connectivity index (χ2n) is 3.71. The van der Waals surface area contributed by atoms with Crippen molar-refractivity contribution in [3.63, 3.8) is 0 Å². The molecule has 1 heteroatoms. The summed E-state index contributed by atoms with van der Waals surface area (Å²) in [7, 11) is 0. The van der Waals surface area contributed by atoms with Gasteiger partial charge in [-0.15, -0.1) is 0 Å². The third kappa shape index (κ3) is 2.72. The van der Waals surface area contributed by atoms with Crippen LogP contribution in [0.3, 0.4) is 0 Å². The fourth-order valence-corrected chi connectivity index (χ4v) is 3.77. The third-order valence-electron chi connectivity index (χ3n) is 2.22. The van der Waals surface area contributed by atoms with Crippen LogP contribution in [0.5, 0.6) is 0 Å². The van der Waals surface area contributed by atoms with Gasteiger partial charge >= 0.3 is 103 Å². The Morgan fingerprint density at radius 1 is 1.71 bits per heavy atom. The van der Waals surface area contributed by atoms with E-state index in [0.29, 0.717) is 26.1 Å². The summed E-state index contributed by atoms with van der Waals surface area (Å²) in [6.45, 7) is 8.00. The number of hydrogen-bond donors (Lipinski definition) is 0. The summed E-state index contributed by atoms with van der Waals surface area (Å²) in [4.78, 5) is 0. The summed E-state index contributed by atoms with van der Waals surface area (Å²) >= 11 is 0.700. The molecule has 1 aliphatic carbocycles. The molecule has 1 rings (SSSR count). The zero-order chi connectivity index (χ0) is 10.7. The Morgan fingerprint density at radius 2 is 2.36 bits per heavy atom. The van der Waals surface area contributed by atoms with Crippen LogP contribution >= 0.6 is 0 Å². The molecule has 0 fully saturated rings. The molecule has 67 valence electrons. The molecule has 0 atom stereocenters. The summed E-state index contributed by atoms with van der Waals surface area (Å²) in [5.74, 6) is 2.68. The van der Waals surface area contributed by atoms with Crippen molar-refractivity contribution in [1.82, 2.24) is 0 Å². The predicted octanol–water partition coefficient (Wildman–Crippen LogP) is 3.27. The maximum absolute atomic E-state index is 5.43. The van der Waals surface area contributed by atoms with Crippen molar-refractivity contribution in [3.05, 3.63) is 44.1 Å². The summed E-state index contributed by atoms with van der Waals surface area (Å²) in [5, 5.41) is 0. The van der Waals surface area contributed by atoms with Crippen molar-refractivity contribution in [2.75, 3.05) is 0 Å². The van der Waals surface area contributed by atoms with Gasteiger partial charge in [-0.3, -0.25) is 0 Å². The average Bonchev–Trinajstić information content (AvgIpc) is 2.40. The van der Waals surface area contributed by atoms with Gasteiger partial charge in [-0.1, -0.05) is 0 Å². The fraction of sp³-hybridized carbons (Fsp3) is 0.231. The number of allylic oxidation sites excluding steroid dienone is 7. The van der Waals surface area contributed by atoms with Crippen molar-refractivity contribution < 1.29 is 26.1 Å². The van der Waals surface area contributed by atoms with Crippen molar-refractivity contribution >= 4 is 0 Å². The molecule has 0 nitrogen and oxygen atoms in total.